The average Bonchev–Trinajstić information content (AvgIpc) is 2.08. The van der Waals surface area contributed by atoms with Gasteiger partial charge in [0.1, 0.15) is 0 Å². The number of nitrogens with zero attached hydrogens (tertiary/aromatic N) is 2. The van der Waals surface area contributed by atoms with Gasteiger partial charge >= 0.3 is 0 Å². The zero-order valence-corrected chi connectivity index (χ0v) is 7.66. The first-order valence-corrected chi connectivity index (χ1v) is 4.48. The fourth-order valence-electron chi connectivity index (χ4n) is 1.71. The lowest BCUT2D eigenvalue weighted by atomic mass is 9.93. The number of hydrogen-bond acceptors (Lipinski definition) is 3. The fourth-order valence-corrected chi connectivity index (χ4v) is 1.71. The van der Waals surface area contributed by atoms with Crippen molar-refractivity contribution in [2.75, 3.05) is 0 Å². The van der Waals surface area contributed by atoms with E-state index >= 15 is 0 Å². The maximum atomic E-state index is 11.3. The third-order valence-corrected chi connectivity index (χ3v) is 2.49. The van der Waals surface area contributed by atoms with Gasteiger partial charge in [0.2, 0.25) is 0 Å². The van der Waals surface area contributed by atoms with Gasteiger partial charge in [0.05, 0.1) is 5.69 Å². The SMILES string of the molecule is Cn1nc2c(cc1=O)CC(N)CC2. The summed E-state index contributed by atoms with van der Waals surface area (Å²) in [6, 6.07) is 1.85. The Kier molecular flexibility index (Phi) is 1.92. The largest absolute Gasteiger partial charge is 0.327 e. The summed E-state index contributed by atoms with van der Waals surface area (Å²) in [6.07, 6.45) is 2.65. The summed E-state index contributed by atoms with van der Waals surface area (Å²) in [5.74, 6) is 0. The Morgan fingerprint density at radius 2 is 2.46 bits per heavy atom. The number of aromatic nitrogens is 2. The van der Waals surface area contributed by atoms with Crippen LogP contribution in [0.3, 0.4) is 0 Å². The summed E-state index contributed by atoms with van der Waals surface area (Å²) >= 11 is 0. The lowest BCUT2D eigenvalue weighted by Crippen LogP contribution is -2.32. The molecule has 1 aliphatic rings. The first-order valence-electron chi connectivity index (χ1n) is 4.48. The zero-order chi connectivity index (χ0) is 9.42. The summed E-state index contributed by atoms with van der Waals surface area (Å²) in [7, 11) is 1.68. The number of rotatable bonds is 0. The van der Waals surface area contributed by atoms with E-state index in [2.05, 4.69) is 5.10 Å². The fraction of sp³-hybridized carbons (Fsp3) is 0.556. The van der Waals surface area contributed by atoms with Crippen molar-refractivity contribution in [2.45, 2.75) is 25.3 Å². The molecular weight excluding hydrogens is 166 g/mol. The zero-order valence-electron chi connectivity index (χ0n) is 7.66. The van der Waals surface area contributed by atoms with Gasteiger partial charge in [-0.05, 0) is 24.8 Å². The van der Waals surface area contributed by atoms with Crippen LogP contribution in [0.25, 0.3) is 0 Å². The number of nitrogens with two attached hydrogens (primary N) is 1. The second-order valence-corrected chi connectivity index (χ2v) is 3.58. The second kappa shape index (κ2) is 2.96. The second-order valence-electron chi connectivity index (χ2n) is 3.58. The molecule has 0 amide bonds. The van der Waals surface area contributed by atoms with Crippen LogP contribution in [0, 0.1) is 0 Å². The Bertz CT molecular complexity index is 383. The smallest absolute Gasteiger partial charge is 0.266 e. The highest BCUT2D eigenvalue weighted by Gasteiger charge is 2.17. The minimum absolute atomic E-state index is 0.0483. The lowest BCUT2D eigenvalue weighted by molar-refractivity contribution is 0.541. The van der Waals surface area contributed by atoms with Gasteiger partial charge in [-0.25, -0.2) is 4.68 Å². The number of fused-ring (bicyclic) bond motifs is 1. The summed E-state index contributed by atoms with van der Waals surface area (Å²) in [5, 5.41) is 4.20. The van der Waals surface area contributed by atoms with Crippen LogP contribution in [0.4, 0.5) is 0 Å². The lowest BCUT2D eigenvalue weighted by Gasteiger charge is -2.20. The van der Waals surface area contributed by atoms with Gasteiger partial charge in [-0.2, -0.15) is 5.10 Å². The Hall–Kier alpha value is -1.16. The Labute approximate surface area is 76.4 Å². The molecule has 2 N–H and O–H groups in total. The summed E-state index contributed by atoms with van der Waals surface area (Å²) in [6.45, 7) is 0. The van der Waals surface area contributed by atoms with Gasteiger partial charge in [0.15, 0.2) is 0 Å². The van der Waals surface area contributed by atoms with Crippen LogP contribution >= 0.6 is 0 Å². The van der Waals surface area contributed by atoms with E-state index in [1.165, 1.54) is 4.68 Å². The van der Waals surface area contributed by atoms with E-state index in [0.717, 1.165) is 30.5 Å². The van der Waals surface area contributed by atoms with Crippen molar-refractivity contribution in [3.63, 3.8) is 0 Å². The molecule has 4 heteroatoms. The Morgan fingerprint density at radius 1 is 1.69 bits per heavy atom. The van der Waals surface area contributed by atoms with Gasteiger partial charge in [-0.15, -0.1) is 0 Å². The van der Waals surface area contributed by atoms with Gasteiger partial charge in [0.25, 0.3) is 5.56 Å². The van der Waals surface area contributed by atoms with Crippen molar-refractivity contribution < 1.29 is 0 Å². The molecule has 1 unspecified atom stereocenters. The normalized spacial score (nSPS) is 21.2. The average molecular weight is 179 g/mol. The van der Waals surface area contributed by atoms with E-state index in [1.54, 1.807) is 13.1 Å². The minimum atomic E-state index is -0.0483. The van der Waals surface area contributed by atoms with Gasteiger partial charge < -0.3 is 5.73 Å². The maximum absolute atomic E-state index is 11.3. The van der Waals surface area contributed by atoms with Gasteiger partial charge in [-0.1, -0.05) is 0 Å². The summed E-state index contributed by atoms with van der Waals surface area (Å²) in [4.78, 5) is 11.3. The van der Waals surface area contributed by atoms with Crippen molar-refractivity contribution in [1.82, 2.24) is 9.78 Å². The minimum Gasteiger partial charge on any atom is -0.327 e. The molecule has 0 spiro atoms. The first kappa shape index (κ1) is 8.44. The molecule has 1 aromatic rings. The molecule has 1 atom stereocenters. The standard InChI is InChI=1S/C9H13N3O/c1-12-9(13)5-6-4-7(10)2-3-8(6)11-12/h5,7H,2-4,10H2,1H3. The highest BCUT2D eigenvalue weighted by molar-refractivity contribution is 5.22. The third kappa shape index (κ3) is 1.49. The molecule has 0 saturated heterocycles. The molecule has 0 aromatic carbocycles. The van der Waals surface area contributed by atoms with Gasteiger partial charge in [-0.3, -0.25) is 4.79 Å². The topological polar surface area (TPSA) is 60.9 Å². The molecule has 0 saturated carbocycles. The monoisotopic (exact) mass is 179 g/mol. The van der Waals surface area contributed by atoms with Crippen LogP contribution in [-0.2, 0) is 19.9 Å². The quantitative estimate of drug-likeness (QED) is 0.589. The third-order valence-electron chi connectivity index (χ3n) is 2.49. The van der Waals surface area contributed by atoms with Crippen molar-refractivity contribution in [3.8, 4) is 0 Å². The van der Waals surface area contributed by atoms with Crippen LogP contribution in [0.1, 0.15) is 17.7 Å². The predicted octanol–water partition coefficient (Wildman–Crippen LogP) is -0.404. The molecule has 0 aliphatic heterocycles. The van der Waals surface area contributed by atoms with Crippen molar-refractivity contribution in [2.24, 2.45) is 12.8 Å². The Morgan fingerprint density at radius 3 is 3.23 bits per heavy atom. The molecule has 1 aliphatic carbocycles. The van der Waals surface area contributed by atoms with E-state index in [9.17, 15) is 4.79 Å². The first-order chi connectivity index (χ1) is 6.16. The molecule has 0 radical (unpaired) electrons. The highest BCUT2D eigenvalue weighted by Crippen LogP contribution is 2.15. The molecule has 1 heterocycles. The number of aryl methyl sites for hydroxylation is 2. The van der Waals surface area contributed by atoms with Crippen LogP contribution in [0.5, 0.6) is 0 Å². The van der Waals surface area contributed by atoms with Crippen molar-refractivity contribution in [3.05, 3.63) is 27.7 Å². The molecule has 0 fully saturated rings. The predicted molar refractivity (Wildman–Crippen MR) is 49.5 cm³/mol. The van der Waals surface area contributed by atoms with E-state index in [0.29, 0.717) is 0 Å². The molecule has 13 heavy (non-hydrogen) atoms. The van der Waals surface area contributed by atoms with E-state index in [1.807, 2.05) is 0 Å². The highest BCUT2D eigenvalue weighted by atomic mass is 16.1. The van der Waals surface area contributed by atoms with E-state index in [-0.39, 0.29) is 11.6 Å². The number of hydrogen-bond donors (Lipinski definition) is 1. The van der Waals surface area contributed by atoms with E-state index < -0.39 is 0 Å². The molecule has 70 valence electrons. The molecule has 1 aromatic heterocycles. The van der Waals surface area contributed by atoms with Crippen LogP contribution in [0.2, 0.25) is 0 Å². The Balaban J connectivity index is 2.49. The van der Waals surface area contributed by atoms with Crippen molar-refractivity contribution >= 4 is 0 Å². The molecule has 4 nitrogen and oxygen atoms in total. The summed E-state index contributed by atoms with van der Waals surface area (Å²) < 4.78 is 1.38. The van der Waals surface area contributed by atoms with Crippen LogP contribution in [-0.4, -0.2) is 15.8 Å². The molecule has 0 bridgehead atoms. The molecular formula is C9H13N3O. The van der Waals surface area contributed by atoms with Crippen molar-refractivity contribution in [1.29, 1.82) is 0 Å². The van der Waals surface area contributed by atoms with Crippen LogP contribution < -0.4 is 11.3 Å². The maximum Gasteiger partial charge on any atom is 0.266 e. The molecule has 2 rings (SSSR count). The summed E-state index contributed by atoms with van der Waals surface area (Å²) in [5.41, 5.74) is 7.81. The van der Waals surface area contributed by atoms with Gasteiger partial charge in [0, 0.05) is 19.2 Å². The van der Waals surface area contributed by atoms with E-state index in [4.69, 9.17) is 5.73 Å². The van der Waals surface area contributed by atoms with Crippen LogP contribution in [0.15, 0.2) is 10.9 Å².